The maximum atomic E-state index is 12.3. The molecule has 0 bridgehead atoms. The molecule has 2 heterocycles. The van der Waals surface area contributed by atoms with E-state index >= 15 is 0 Å². The van der Waals surface area contributed by atoms with Crippen molar-refractivity contribution in [1.82, 2.24) is 4.90 Å². The van der Waals surface area contributed by atoms with Crippen LogP contribution in [0.25, 0.3) is 0 Å². The number of fused-ring (bicyclic) bond motifs is 1. The van der Waals surface area contributed by atoms with Crippen LogP contribution in [0.15, 0.2) is 35.7 Å². The van der Waals surface area contributed by atoms with Gasteiger partial charge in [0.2, 0.25) is 5.91 Å². The molecule has 148 valence electrons. The number of thiophene rings is 1. The Balaban J connectivity index is 0.00000182. The third-order valence-electron chi connectivity index (χ3n) is 4.40. The maximum Gasteiger partial charge on any atom is 0.227 e. The van der Waals surface area contributed by atoms with Crippen molar-refractivity contribution in [2.45, 2.75) is 19.3 Å². The molecule has 0 radical (unpaired) electrons. The summed E-state index contributed by atoms with van der Waals surface area (Å²) in [4.78, 5) is 15.3. The topological polar surface area (TPSA) is 68.2 Å². The lowest BCUT2D eigenvalue weighted by Gasteiger charge is -2.25. The number of carbonyl (C=O) groups excluding carboxylic acids is 1. The highest BCUT2D eigenvalue weighted by atomic mass is 35.5. The summed E-state index contributed by atoms with van der Waals surface area (Å²) in [5.74, 6) is 0.551. The molecule has 5 nitrogen and oxygen atoms in total. The second-order valence-electron chi connectivity index (χ2n) is 6.69. The van der Waals surface area contributed by atoms with E-state index in [-0.39, 0.29) is 36.6 Å². The highest BCUT2D eigenvalue weighted by molar-refractivity contribution is 7.12. The van der Waals surface area contributed by atoms with Gasteiger partial charge in [-0.25, -0.2) is 0 Å². The highest BCUT2D eigenvalue weighted by Gasteiger charge is 2.26. The minimum atomic E-state index is 0. The Morgan fingerprint density at radius 1 is 1.33 bits per heavy atom. The Morgan fingerprint density at radius 2 is 2.11 bits per heavy atom. The first-order chi connectivity index (χ1) is 12.0. The van der Waals surface area contributed by atoms with Gasteiger partial charge in [-0.05, 0) is 75.1 Å². The van der Waals surface area contributed by atoms with Gasteiger partial charge in [0.1, 0.15) is 5.84 Å². The van der Waals surface area contributed by atoms with Crippen LogP contribution in [-0.4, -0.2) is 37.3 Å². The SMILES string of the molecule is CN(C)CCCC1Cc2cc(NC(=N)c3cccs3)ccc2NC1=O.Cl.Cl. The second kappa shape index (κ2) is 10.7. The van der Waals surface area contributed by atoms with Crippen LogP contribution in [0.4, 0.5) is 11.4 Å². The molecule has 8 heteroatoms. The zero-order valence-corrected chi connectivity index (χ0v) is 17.9. The van der Waals surface area contributed by atoms with E-state index in [1.54, 1.807) is 11.3 Å². The van der Waals surface area contributed by atoms with Gasteiger partial charge in [-0.3, -0.25) is 10.2 Å². The molecule has 0 saturated heterocycles. The average Bonchev–Trinajstić information content (AvgIpc) is 3.10. The molecule has 1 atom stereocenters. The first-order valence-corrected chi connectivity index (χ1v) is 9.39. The van der Waals surface area contributed by atoms with E-state index in [2.05, 4.69) is 35.7 Å². The first kappa shape index (κ1) is 23.4. The van der Waals surface area contributed by atoms with Gasteiger partial charge in [-0.15, -0.1) is 36.2 Å². The summed E-state index contributed by atoms with van der Waals surface area (Å²) in [5, 5.41) is 16.3. The van der Waals surface area contributed by atoms with E-state index in [4.69, 9.17) is 5.41 Å². The quantitative estimate of drug-likeness (QED) is 0.469. The van der Waals surface area contributed by atoms with Gasteiger partial charge in [0.15, 0.2) is 0 Å². The zero-order valence-electron chi connectivity index (χ0n) is 15.5. The van der Waals surface area contributed by atoms with Crippen molar-refractivity contribution in [3.05, 3.63) is 46.2 Å². The van der Waals surface area contributed by atoms with E-state index in [1.165, 1.54) is 0 Å². The van der Waals surface area contributed by atoms with Crippen LogP contribution in [0, 0.1) is 11.3 Å². The standard InChI is InChI=1S/C19H24N4OS.2ClH/c1-23(2)9-3-5-13-11-14-12-15(7-8-16(14)22-19(13)24)21-18(20)17-6-4-10-25-17;;/h4,6-8,10,12-13H,3,5,9,11H2,1-2H3,(H2,20,21)(H,22,24);2*1H. The van der Waals surface area contributed by atoms with Gasteiger partial charge in [-0.2, -0.15) is 0 Å². The van der Waals surface area contributed by atoms with Gasteiger partial charge in [0, 0.05) is 17.3 Å². The molecule has 3 N–H and O–H groups in total. The molecule has 1 aromatic heterocycles. The van der Waals surface area contributed by atoms with Crippen molar-refractivity contribution in [3.8, 4) is 0 Å². The van der Waals surface area contributed by atoms with Crippen molar-refractivity contribution in [2.75, 3.05) is 31.3 Å². The number of carbonyl (C=O) groups is 1. The lowest BCUT2D eigenvalue weighted by molar-refractivity contribution is -0.120. The largest absolute Gasteiger partial charge is 0.340 e. The molecule has 2 aromatic rings. The highest BCUT2D eigenvalue weighted by Crippen LogP contribution is 2.30. The van der Waals surface area contributed by atoms with Gasteiger partial charge in [0.25, 0.3) is 0 Å². The third-order valence-corrected chi connectivity index (χ3v) is 5.28. The molecular weight excluding hydrogens is 403 g/mol. The lowest BCUT2D eigenvalue weighted by atomic mass is 9.89. The van der Waals surface area contributed by atoms with E-state index in [0.29, 0.717) is 5.84 Å². The van der Waals surface area contributed by atoms with Crippen molar-refractivity contribution < 1.29 is 4.79 Å². The minimum absolute atomic E-state index is 0. The maximum absolute atomic E-state index is 12.3. The lowest BCUT2D eigenvalue weighted by Crippen LogP contribution is -2.30. The first-order valence-electron chi connectivity index (χ1n) is 8.51. The predicted molar refractivity (Wildman–Crippen MR) is 119 cm³/mol. The predicted octanol–water partition coefficient (Wildman–Crippen LogP) is 4.48. The molecule has 0 saturated carbocycles. The fourth-order valence-corrected chi connectivity index (χ4v) is 3.70. The van der Waals surface area contributed by atoms with Crippen molar-refractivity contribution in [3.63, 3.8) is 0 Å². The monoisotopic (exact) mass is 428 g/mol. The Kier molecular flexibility index (Phi) is 9.26. The third kappa shape index (κ3) is 6.21. The Labute approximate surface area is 176 Å². The summed E-state index contributed by atoms with van der Waals surface area (Å²) in [6, 6.07) is 9.76. The summed E-state index contributed by atoms with van der Waals surface area (Å²) in [6.45, 7) is 0.996. The summed E-state index contributed by atoms with van der Waals surface area (Å²) < 4.78 is 0. The van der Waals surface area contributed by atoms with Gasteiger partial charge >= 0.3 is 0 Å². The fraction of sp³-hybridized carbons (Fsp3) is 0.368. The van der Waals surface area contributed by atoms with E-state index in [9.17, 15) is 4.79 Å². The Bertz CT molecular complexity index is 765. The van der Waals surface area contributed by atoms with Crippen LogP contribution in [-0.2, 0) is 11.2 Å². The molecule has 3 rings (SSSR count). The zero-order chi connectivity index (χ0) is 17.8. The molecule has 1 aliphatic rings. The molecule has 0 fully saturated rings. The number of hydrogen-bond acceptors (Lipinski definition) is 4. The minimum Gasteiger partial charge on any atom is -0.340 e. The molecule has 1 unspecified atom stereocenters. The Morgan fingerprint density at radius 3 is 2.78 bits per heavy atom. The fourth-order valence-electron chi connectivity index (χ4n) is 3.07. The van der Waals surface area contributed by atoms with Crippen LogP contribution < -0.4 is 10.6 Å². The summed E-state index contributed by atoms with van der Waals surface area (Å²) >= 11 is 1.54. The van der Waals surface area contributed by atoms with Gasteiger partial charge < -0.3 is 15.5 Å². The molecule has 27 heavy (non-hydrogen) atoms. The molecule has 0 aliphatic carbocycles. The van der Waals surface area contributed by atoms with E-state index in [0.717, 1.165) is 47.6 Å². The average molecular weight is 429 g/mol. The summed E-state index contributed by atoms with van der Waals surface area (Å²) in [7, 11) is 4.10. The van der Waals surface area contributed by atoms with Gasteiger partial charge in [0.05, 0.1) is 4.88 Å². The molecule has 0 spiro atoms. The number of hydrogen-bond donors (Lipinski definition) is 3. The Hall–Kier alpha value is -1.60. The number of benzene rings is 1. The number of anilines is 2. The molecule has 1 aliphatic heterocycles. The van der Waals surface area contributed by atoms with Crippen LogP contribution in [0.3, 0.4) is 0 Å². The van der Waals surface area contributed by atoms with Crippen LogP contribution in [0.2, 0.25) is 0 Å². The molecule has 1 aromatic carbocycles. The van der Waals surface area contributed by atoms with Crippen molar-refractivity contribution in [2.24, 2.45) is 5.92 Å². The summed E-state index contributed by atoms with van der Waals surface area (Å²) in [5.41, 5.74) is 2.92. The molecule has 1 amide bonds. The van der Waals surface area contributed by atoms with Crippen LogP contribution >= 0.6 is 36.2 Å². The van der Waals surface area contributed by atoms with Crippen molar-refractivity contribution in [1.29, 1.82) is 5.41 Å². The number of nitrogens with zero attached hydrogens (tertiary/aromatic N) is 1. The van der Waals surface area contributed by atoms with Crippen LogP contribution in [0.5, 0.6) is 0 Å². The van der Waals surface area contributed by atoms with E-state index in [1.807, 2.05) is 29.6 Å². The second-order valence-corrected chi connectivity index (χ2v) is 7.63. The smallest absolute Gasteiger partial charge is 0.227 e. The number of halogens is 2. The van der Waals surface area contributed by atoms with E-state index < -0.39 is 0 Å². The summed E-state index contributed by atoms with van der Waals surface area (Å²) in [6.07, 6.45) is 2.67. The normalized spacial score (nSPS) is 15.2. The van der Waals surface area contributed by atoms with Gasteiger partial charge in [-0.1, -0.05) is 6.07 Å². The number of rotatable bonds is 6. The number of amides is 1. The molecular formula is C19H26Cl2N4OS. The number of nitrogens with one attached hydrogen (secondary N) is 3. The van der Waals surface area contributed by atoms with Crippen LogP contribution in [0.1, 0.15) is 23.3 Å². The number of amidine groups is 1. The van der Waals surface area contributed by atoms with Crippen molar-refractivity contribution >= 4 is 59.3 Å².